The molecule has 3 N–H and O–H groups in total. The summed E-state index contributed by atoms with van der Waals surface area (Å²) < 4.78 is 0. The molecule has 1 atom stereocenters. The molecule has 1 aromatic rings. The third-order valence-corrected chi connectivity index (χ3v) is 3.83. The maximum Gasteiger partial charge on any atom is 0.241 e. The standard InChI is InChI=1S/C18H30N2O/c1-6-7-8-16(19)18(21)20-17-10-9-14(12(2)3)11-15(17)13(4)5/h9-13,16H,6-8,19H2,1-5H3,(H,20,21)/t16-/m0/s1. The van der Waals surface area contributed by atoms with Crippen LogP contribution in [0, 0.1) is 0 Å². The van der Waals surface area contributed by atoms with Crippen molar-refractivity contribution in [1.29, 1.82) is 0 Å². The molecular weight excluding hydrogens is 260 g/mol. The summed E-state index contributed by atoms with van der Waals surface area (Å²) in [6, 6.07) is 5.87. The van der Waals surface area contributed by atoms with Gasteiger partial charge in [-0.3, -0.25) is 4.79 Å². The molecule has 3 heteroatoms. The summed E-state index contributed by atoms with van der Waals surface area (Å²) in [5.41, 5.74) is 9.31. The molecule has 0 radical (unpaired) electrons. The molecule has 21 heavy (non-hydrogen) atoms. The van der Waals surface area contributed by atoms with Crippen LogP contribution in [0.2, 0.25) is 0 Å². The second kappa shape index (κ2) is 8.18. The molecule has 0 saturated carbocycles. The monoisotopic (exact) mass is 290 g/mol. The van der Waals surface area contributed by atoms with Gasteiger partial charge in [-0.1, -0.05) is 59.6 Å². The number of carbonyl (C=O) groups excluding carboxylic acids is 1. The number of nitrogens with one attached hydrogen (secondary N) is 1. The van der Waals surface area contributed by atoms with Gasteiger partial charge < -0.3 is 11.1 Å². The number of nitrogens with two attached hydrogens (primary N) is 1. The van der Waals surface area contributed by atoms with Gasteiger partial charge in [0.2, 0.25) is 5.91 Å². The van der Waals surface area contributed by atoms with Crippen molar-refractivity contribution in [1.82, 2.24) is 0 Å². The van der Waals surface area contributed by atoms with E-state index in [0.29, 0.717) is 11.8 Å². The van der Waals surface area contributed by atoms with Crippen LogP contribution >= 0.6 is 0 Å². The molecule has 1 aromatic carbocycles. The number of hydrogen-bond donors (Lipinski definition) is 2. The summed E-state index contributed by atoms with van der Waals surface area (Å²) in [7, 11) is 0. The maximum atomic E-state index is 12.2. The van der Waals surface area contributed by atoms with E-state index in [1.807, 2.05) is 6.07 Å². The molecule has 0 unspecified atom stereocenters. The molecule has 0 aromatic heterocycles. The Hall–Kier alpha value is -1.35. The summed E-state index contributed by atoms with van der Waals surface area (Å²) in [6.07, 6.45) is 2.78. The van der Waals surface area contributed by atoms with Gasteiger partial charge in [-0.25, -0.2) is 0 Å². The molecule has 0 spiro atoms. The van der Waals surface area contributed by atoms with Crippen LogP contribution in [0.25, 0.3) is 0 Å². The predicted octanol–water partition coefficient (Wildman–Crippen LogP) is 4.39. The second-order valence-corrected chi connectivity index (χ2v) is 6.39. The van der Waals surface area contributed by atoms with Crippen LogP contribution in [0.4, 0.5) is 5.69 Å². The Bertz CT molecular complexity index is 466. The van der Waals surface area contributed by atoms with E-state index in [9.17, 15) is 4.79 Å². The number of anilines is 1. The Labute approximate surface area is 129 Å². The average Bonchev–Trinajstić information content (AvgIpc) is 2.44. The summed E-state index contributed by atoms with van der Waals surface area (Å²) >= 11 is 0. The Morgan fingerprint density at radius 2 is 1.86 bits per heavy atom. The fourth-order valence-corrected chi connectivity index (χ4v) is 2.31. The first-order valence-electron chi connectivity index (χ1n) is 8.07. The van der Waals surface area contributed by atoms with Crippen LogP contribution in [0.15, 0.2) is 18.2 Å². The van der Waals surface area contributed by atoms with Crippen molar-refractivity contribution in [2.75, 3.05) is 5.32 Å². The van der Waals surface area contributed by atoms with E-state index in [1.54, 1.807) is 0 Å². The fourth-order valence-electron chi connectivity index (χ4n) is 2.31. The van der Waals surface area contributed by atoms with Crippen molar-refractivity contribution in [3.8, 4) is 0 Å². The molecule has 0 fully saturated rings. The molecule has 1 amide bonds. The molecule has 0 aliphatic rings. The quantitative estimate of drug-likeness (QED) is 0.782. The molecule has 0 aliphatic heterocycles. The van der Waals surface area contributed by atoms with Crippen LogP contribution < -0.4 is 11.1 Å². The van der Waals surface area contributed by atoms with Crippen molar-refractivity contribution >= 4 is 11.6 Å². The fraction of sp³-hybridized carbons (Fsp3) is 0.611. The topological polar surface area (TPSA) is 55.1 Å². The first-order valence-corrected chi connectivity index (χ1v) is 8.07. The minimum atomic E-state index is -0.422. The van der Waals surface area contributed by atoms with Crippen molar-refractivity contribution < 1.29 is 4.79 Å². The Balaban J connectivity index is 2.89. The van der Waals surface area contributed by atoms with E-state index >= 15 is 0 Å². The van der Waals surface area contributed by atoms with E-state index in [2.05, 4.69) is 52.1 Å². The van der Waals surface area contributed by atoms with E-state index < -0.39 is 6.04 Å². The number of carbonyl (C=O) groups is 1. The summed E-state index contributed by atoms with van der Waals surface area (Å²) in [6.45, 7) is 10.8. The Morgan fingerprint density at radius 3 is 2.38 bits per heavy atom. The summed E-state index contributed by atoms with van der Waals surface area (Å²) in [5, 5.41) is 3.00. The molecule has 3 nitrogen and oxygen atoms in total. The zero-order valence-electron chi connectivity index (χ0n) is 14.1. The van der Waals surface area contributed by atoms with Crippen molar-refractivity contribution in [3.63, 3.8) is 0 Å². The zero-order chi connectivity index (χ0) is 16.0. The van der Waals surface area contributed by atoms with Crippen LogP contribution in [-0.2, 0) is 4.79 Å². The lowest BCUT2D eigenvalue weighted by Gasteiger charge is -2.18. The lowest BCUT2D eigenvalue weighted by molar-refractivity contribution is -0.117. The van der Waals surface area contributed by atoms with Gasteiger partial charge in [0, 0.05) is 5.69 Å². The molecule has 1 rings (SSSR count). The van der Waals surface area contributed by atoms with Gasteiger partial charge in [-0.05, 0) is 35.4 Å². The largest absolute Gasteiger partial charge is 0.324 e. The number of hydrogen-bond acceptors (Lipinski definition) is 2. The smallest absolute Gasteiger partial charge is 0.241 e. The highest BCUT2D eigenvalue weighted by atomic mass is 16.2. The van der Waals surface area contributed by atoms with Gasteiger partial charge in [0.1, 0.15) is 0 Å². The number of unbranched alkanes of at least 4 members (excludes halogenated alkanes) is 1. The van der Waals surface area contributed by atoms with E-state index in [-0.39, 0.29) is 5.91 Å². The SMILES string of the molecule is CCCC[C@H](N)C(=O)Nc1ccc(C(C)C)cc1C(C)C. The van der Waals surface area contributed by atoms with Gasteiger partial charge in [0.15, 0.2) is 0 Å². The third kappa shape index (κ3) is 5.16. The van der Waals surface area contributed by atoms with Crippen LogP contribution in [0.5, 0.6) is 0 Å². The maximum absolute atomic E-state index is 12.2. The highest BCUT2D eigenvalue weighted by Gasteiger charge is 2.16. The minimum absolute atomic E-state index is 0.0809. The van der Waals surface area contributed by atoms with Gasteiger partial charge in [0.05, 0.1) is 6.04 Å². The lowest BCUT2D eigenvalue weighted by atomic mass is 9.94. The van der Waals surface area contributed by atoms with Gasteiger partial charge in [0.25, 0.3) is 0 Å². The predicted molar refractivity (Wildman–Crippen MR) is 90.8 cm³/mol. The van der Waals surface area contributed by atoms with Crippen molar-refractivity contribution in [2.24, 2.45) is 5.73 Å². The second-order valence-electron chi connectivity index (χ2n) is 6.39. The third-order valence-electron chi connectivity index (χ3n) is 3.83. The number of benzene rings is 1. The highest BCUT2D eigenvalue weighted by Crippen LogP contribution is 2.28. The highest BCUT2D eigenvalue weighted by molar-refractivity contribution is 5.95. The van der Waals surface area contributed by atoms with E-state index in [4.69, 9.17) is 5.73 Å². The summed E-state index contributed by atoms with van der Waals surface area (Å²) in [5.74, 6) is 0.771. The molecule has 0 heterocycles. The van der Waals surface area contributed by atoms with Crippen molar-refractivity contribution in [3.05, 3.63) is 29.3 Å². The Kier molecular flexibility index (Phi) is 6.90. The lowest BCUT2D eigenvalue weighted by Crippen LogP contribution is -2.35. The minimum Gasteiger partial charge on any atom is -0.324 e. The van der Waals surface area contributed by atoms with E-state index in [0.717, 1.165) is 24.9 Å². The first-order chi connectivity index (χ1) is 9.86. The molecule has 0 saturated heterocycles. The molecule has 0 bridgehead atoms. The molecular formula is C18H30N2O. The van der Waals surface area contributed by atoms with Crippen LogP contribution in [0.1, 0.15) is 76.8 Å². The van der Waals surface area contributed by atoms with Gasteiger partial charge in [-0.15, -0.1) is 0 Å². The average molecular weight is 290 g/mol. The molecule has 118 valence electrons. The normalized spacial score (nSPS) is 12.8. The molecule has 0 aliphatic carbocycles. The number of rotatable bonds is 7. The first kappa shape index (κ1) is 17.7. The zero-order valence-corrected chi connectivity index (χ0v) is 14.1. The summed E-state index contributed by atoms with van der Waals surface area (Å²) in [4.78, 5) is 12.2. The van der Waals surface area contributed by atoms with Crippen LogP contribution in [0.3, 0.4) is 0 Å². The van der Waals surface area contributed by atoms with Crippen LogP contribution in [-0.4, -0.2) is 11.9 Å². The Morgan fingerprint density at radius 1 is 1.19 bits per heavy atom. The van der Waals surface area contributed by atoms with E-state index in [1.165, 1.54) is 11.1 Å². The van der Waals surface area contributed by atoms with Gasteiger partial charge >= 0.3 is 0 Å². The van der Waals surface area contributed by atoms with Gasteiger partial charge in [-0.2, -0.15) is 0 Å². The number of amides is 1. The van der Waals surface area contributed by atoms with Crippen molar-refractivity contribution in [2.45, 2.75) is 71.8 Å².